The molecule has 0 N–H and O–H groups in total. The van der Waals surface area contributed by atoms with Gasteiger partial charge in [-0.05, 0) is 25.7 Å². The summed E-state index contributed by atoms with van der Waals surface area (Å²) in [5.74, 6) is 0.173. The minimum atomic E-state index is -0.0273. The molecule has 2 saturated carbocycles. The summed E-state index contributed by atoms with van der Waals surface area (Å²) in [5.41, 5.74) is 0. The van der Waals surface area contributed by atoms with E-state index in [0.717, 1.165) is 12.8 Å². The van der Waals surface area contributed by atoms with Crippen molar-refractivity contribution in [2.45, 2.75) is 83.3 Å². The van der Waals surface area contributed by atoms with E-state index in [1.807, 2.05) is 6.92 Å². The Kier molecular flexibility index (Phi) is 7.01. The number of rotatable bonds is 7. The summed E-state index contributed by atoms with van der Waals surface area (Å²) in [5, 5.41) is 0. The van der Waals surface area contributed by atoms with Gasteiger partial charge >= 0.3 is 0 Å². The normalized spacial score (nSPS) is 23.6. The molecule has 0 aromatic rings. The average molecular weight is 282 g/mol. The molecule has 20 heavy (non-hydrogen) atoms. The molecule has 0 bridgehead atoms. The predicted octanol–water partition coefficient (Wildman–Crippen LogP) is 3.89. The lowest BCUT2D eigenvalue weighted by molar-refractivity contribution is -0.132. The number of ether oxygens (including phenoxy) is 2. The SMILES string of the molecule is CC(COC1CCCCC1)C(=O)COC1CCCCC1. The quantitative estimate of drug-likeness (QED) is 0.710. The zero-order chi connectivity index (χ0) is 14.2. The topological polar surface area (TPSA) is 35.5 Å². The van der Waals surface area contributed by atoms with E-state index in [-0.39, 0.29) is 18.3 Å². The van der Waals surface area contributed by atoms with E-state index in [9.17, 15) is 4.79 Å². The highest BCUT2D eigenvalue weighted by Gasteiger charge is 2.20. The van der Waals surface area contributed by atoms with E-state index in [4.69, 9.17) is 9.47 Å². The largest absolute Gasteiger partial charge is 0.377 e. The monoisotopic (exact) mass is 282 g/mol. The highest BCUT2D eigenvalue weighted by atomic mass is 16.5. The van der Waals surface area contributed by atoms with Crippen LogP contribution in [-0.2, 0) is 14.3 Å². The first-order chi connectivity index (χ1) is 9.75. The molecular formula is C17H30O3. The molecule has 0 aromatic heterocycles. The molecule has 2 aliphatic rings. The molecule has 2 fully saturated rings. The van der Waals surface area contributed by atoms with Gasteiger partial charge in [-0.1, -0.05) is 45.4 Å². The smallest absolute Gasteiger partial charge is 0.163 e. The lowest BCUT2D eigenvalue weighted by atomic mass is 9.97. The van der Waals surface area contributed by atoms with Gasteiger partial charge in [-0.3, -0.25) is 4.79 Å². The molecule has 3 nitrogen and oxygen atoms in total. The molecule has 0 aromatic carbocycles. The second-order valence-electron chi connectivity index (χ2n) is 6.53. The van der Waals surface area contributed by atoms with E-state index < -0.39 is 0 Å². The van der Waals surface area contributed by atoms with Crippen molar-refractivity contribution in [3.8, 4) is 0 Å². The number of carbonyl (C=O) groups excluding carboxylic acids is 1. The summed E-state index contributed by atoms with van der Waals surface area (Å²) >= 11 is 0. The van der Waals surface area contributed by atoms with E-state index in [1.54, 1.807) is 0 Å². The van der Waals surface area contributed by atoms with Crippen LogP contribution >= 0.6 is 0 Å². The van der Waals surface area contributed by atoms with Crippen LogP contribution in [0.15, 0.2) is 0 Å². The lowest BCUT2D eigenvalue weighted by Crippen LogP contribution is -2.28. The zero-order valence-electron chi connectivity index (χ0n) is 12.9. The van der Waals surface area contributed by atoms with Crippen LogP contribution in [0.25, 0.3) is 0 Å². The van der Waals surface area contributed by atoms with Crippen molar-refractivity contribution in [1.82, 2.24) is 0 Å². The van der Waals surface area contributed by atoms with Gasteiger partial charge in [0.1, 0.15) is 6.61 Å². The molecule has 0 saturated heterocycles. The second-order valence-corrected chi connectivity index (χ2v) is 6.53. The van der Waals surface area contributed by atoms with E-state index in [0.29, 0.717) is 18.8 Å². The molecular weight excluding hydrogens is 252 g/mol. The Morgan fingerprint density at radius 2 is 1.40 bits per heavy atom. The summed E-state index contributed by atoms with van der Waals surface area (Å²) in [4.78, 5) is 12.1. The maximum absolute atomic E-state index is 12.1. The van der Waals surface area contributed by atoms with Gasteiger partial charge in [-0.15, -0.1) is 0 Å². The fraction of sp³-hybridized carbons (Fsp3) is 0.941. The maximum Gasteiger partial charge on any atom is 0.163 e. The molecule has 0 aliphatic heterocycles. The summed E-state index contributed by atoms with van der Waals surface area (Å²) in [6.45, 7) is 2.81. The van der Waals surface area contributed by atoms with Gasteiger partial charge in [0.25, 0.3) is 0 Å². The molecule has 0 heterocycles. The van der Waals surface area contributed by atoms with Crippen molar-refractivity contribution in [2.24, 2.45) is 5.92 Å². The molecule has 3 heteroatoms. The standard InChI is InChI=1S/C17H30O3/c1-14(12-19-15-8-4-2-5-9-15)17(18)13-20-16-10-6-3-7-11-16/h14-16H,2-13H2,1H3. The number of Topliss-reactive ketones (excluding diaryl/α,β-unsaturated/α-hetero) is 1. The second kappa shape index (κ2) is 8.78. The van der Waals surface area contributed by atoms with Gasteiger partial charge in [0.2, 0.25) is 0 Å². The molecule has 116 valence electrons. The minimum absolute atomic E-state index is 0.0273. The van der Waals surface area contributed by atoms with E-state index in [1.165, 1.54) is 51.4 Å². The van der Waals surface area contributed by atoms with Gasteiger partial charge in [0.15, 0.2) is 5.78 Å². The molecule has 0 amide bonds. The summed E-state index contributed by atoms with van der Waals surface area (Å²) in [7, 11) is 0. The fourth-order valence-corrected chi connectivity index (χ4v) is 3.18. The molecule has 0 radical (unpaired) electrons. The van der Waals surface area contributed by atoms with E-state index >= 15 is 0 Å². The predicted molar refractivity (Wildman–Crippen MR) is 79.8 cm³/mol. The number of hydrogen-bond donors (Lipinski definition) is 0. The average Bonchev–Trinajstić information content (AvgIpc) is 2.52. The summed E-state index contributed by atoms with van der Waals surface area (Å²) in [6.07, 6.45) is 13.0. The minimum Gasteiger partial charge on any atom is -0.377 e. The van der Waals surface area contributed by atoms with Gasteiger partial charge in [0, 0.05) is 5.92 Å². The lowest BCUT2D eigenvalue weighted by Gasteiger charge is -2.24. The van der Waals surface area contributed by atoms with Crippen molar-refractivity contribution < 1.29 is 14.3 Å². The van der Waals surface area contributed by atoms with Gasteiger partial charge < -0.3 is 9.47 Å². The summed E-state index contributed by atoms with van der Waals surface area (Å²) < 4.78 is 11.6. The number of carbonyl (C=O) groups is 1. The van der Waals surface area contributed by atoms with Crippen molar-refractivity contribution in [1.29, 1.82) is 0 Å². The first kappa shape index (κ1) is 16.0. The molecule has 1 atom stereocenters. The van der Waals surface area contributed by atoms with Crippen LogP contribution in [0.2, 0.25) is 0 Å². The van der Waals surface area contributed by atoms with Gasteiger partial charge in [-0.25, -0.2) is 0 Å². The first-order valence-electron chi connectivity index (χ1n) is 8.51. The third-order valence-electron chi connectivity index (χ3n) is 4.70. The molecule has 0 spiro atoms. The van der Waals surface area contributed by atoms with Crippen LogP contribution in [0.5, 0.6) is 0 Å². The molecule has 2 rings (SSSR count). The Morgan fingerprint density at radius 3 is 1.95 bits per heavy atom. The first-order valence-corrected chi connectivity index (χ1v) is 8.51. The Morgan fingerprint density at radius 1 is 0.900 bits per heavy atom. The van der Waals surface area contributed by atoms with Crippen molar-refractivity contribution in [3.05, 3.63) is 0 Å². The van der Waals surface area contributed by atoms with Crippen LogP contribution in [0.1, 0.15) is 71.1 Å². The van der Waals surface area contributed by atoms with Crippen LogP contribution in [-0.4, -0.2) is 31.2 Å². The van der Waals surface area contributed by atoms with Crippen LogP contribution in [0.3, 0.4) is 0 Å². The van der Waals surface area contributed by atoms with Crippen LogP contribution in [0.4, 0.5) is 0 Å². The Bertz CT molecular complexity index is 278. The third kappa shape index (κ3) is 5.53. The fourth-order valence-electron chi connectivity index (χ4n) is 3.18. The van der Waals surface area contributed by atoms with Crippen LogP contribution in [0, 0.1) is 5.92 Å². The van der Waals surface area contributed by atoms with Crippen LogP contribution < -0.4 is 0 Å². The Balaban J connectivity index is 1.58. The van der Waals surface area contributed by atoms with Gasteiger partial charge in [-0.2, -0.15) is 0 Å². The highest BCUT2D eigenvalue weighted by Crippen LogP contribution is 2.22. The summed E-state index contributed by atoms with van der Waals surface area (Å²) in [6, 6.07) is 0. The Hall–Kier alpha value is -0.410. The number of hydrogen-bond acceptors (Lipinski definition) is 3. The van der Waals surface area contributed by atoms with E-state index in [2.05, 4.69) is 0 Å². The molecule has 1 unspecified atom stereocenters. The molecule has 2 aliphatic carbocycles. The van der Waals surface area contributed by atoms with Crippen molar-refractivity contribution in [3.63, 3.8) is 0 Å². The maximum atomic E-state index is 12.1. The highest BCUT2D eigenvalue weighted by molar-refractivity contribution is 5.82. The van der Waals surface area contributed by atoms with Gasteiger partial charge in [0.05, 0.1) is 18.8 Å². The van der Waals surface area contributed by atoms with Crippen molar-refractivity contribution in [2.75, 3.05) is 13.2 Å². The zero-order valence-corrected chi connectivity index (χ0v) is 12.9. The number of ketones is 1. The third-order valence-corrected chi connectivity index (χ3v) is 4.70. The van der Waals surface area contributed by atoms with Crippen molar-refractivity contribution >= 4 is 5.78 Å². The Labute approximate surface area is 123 Å².